The first kappa shape index (κ1) is 12.1. The first-order valence-electron chi connectivity index (χ1n) is 6.80. The number of nitrogens with zero attached hydrogens (tertiary/aromatic N) is 2. The molecular formula is C13H21N3O2. The fourth-order valence-corrected chi connectivity index (χ4v) is 2.69. The summed E-state index contributed by atoms with van der Waals surface area (Å²) in [5.41, 5.74) is 1.25. The number of ether oxygens (including phenoxy) is 2. The Balaban J connectivity index is 1.46. The van der Waals surface area contributed by atoms with Crippen molar-refractivity contribution in [2.75, 3.05) is 33.0 Å². The van der Waals surface area contributed by atoms with Gasteiger partial charge in [0.2, 0.25) is 0 Å². The highest BCUT2D eigenvalue weighted by atomic mass is 16.5. The van der Waals surface area contributed by atoms with E-state index in [2.05, 4.69) is 14.9 Å². The van der Waals surface area contributed by atoms with E-state index in [1.165, 1.54) is 5.69 Å². The topological polar surface area (TPSA) is 48.3 Å². The molecule has 3 rings (SSSR count). The highest BCUT2D eigenvalue weighted by Gasteiger charge is 2.20. The monoisotopic (exact) mass is 251 g/mol. The number of rotatable bonds is 4. The first-order chi connectivity index (χ1) is 8.93. The van der Waals surface area contributed by atoms with Crippen LogP contribution in [0.5, 0.6) is 0 Å². The Hall–Kier alpha value is -0.910. The molecule has 100 valence electrons. The fourth-order valence-electron chi connectivity index (χ4n) is 2.69. The number of fused-ring (bicyclic) bond motifs is 1. The Bertz CT molecular complexity index is 374. The van der Waals surface area contributed by atoms with E-state index in [4.69, 9.17) is 9.47 Å². The van der Waals surface area contributed by atoms with Gasteiger partial charge in [0.05, 0.1) is 24.7 Å². The zero-order valence-corrected chi connectivity index (χ0v) is 10.7. The Labute approximate surface area is 107 Å². The van der Waals surface area contributed by atoms with Crippen LogP contribution in [0.25, 0.3) is 0 Å². The molecule has 1 saturated heterocycles. The quantitative estimate of drug-likeness (QED) is 0.866. The smallest absolute Gasteiger partial charge is 0.0952 e. The molecule has 2 aliphatic rings. The minimum absolute atomic E-state index is 0.385. The van der Waals surface area contributed by atoms with Crippen molar-refractivity contribution in [2.45, 2.75) is 25.4 Å². The van der Waals surface area contributed by atoms with Gasteiger partial charge in [-0.25, -0.2) is 4.98 Å². The van der Waals surface area contributed by atoms with E-state index in [9.17, 15) is 0 Å². The third kappa shape index (κ3) is 2.74. The van der Waals surface area contributed by atoms with Crippen LogP contribution < -0.4 is 5.32 Å². The third-order valence-corrected chi connectivity index (χ3v) is 3.83. The van der Waals surface area contributed by atoms with Crippen molar-refractivity contribution in [3.05, 3.63) is 18.2 Å². The molecule has 1 atom stereocenters. The average Bonchev–Trinajstić information content (AvgIpc) is 2.89. The van der Waals surface area contributed by atoms with Crippen LogP contribution in [-0.2, 0) is 16.0 Å². The van der Waals surface area contributed by atoms with Gasteiger partial charge < -0.3 is 19.4 Å². The summed E-state index contributed by atoms with van der Waals surface area (Å²) in [6.45, 7) is 5.31. The summed E-state index contributed by atoms with van der Waals surface area (Å²) in [5.74, 6) is 0.678. The standard InChI is InChI=1S/C13H21N3O2/c1-3-17-4-2-11(1)8-18-9-13-7-14-5-12-6-15-10-16(12)13/h6,10-11,13-14H,1-5,7-9H2/t13-/m0/s1. The minimum Gasteiger partial charge on any atom is -0.381 e. The summed E-state index contributed by atoms with van der Waals surface area (Å²) >= 11 is 0. The summed E-state index contributed by atoms with van der Waals surface area (Å²) in [7, 11) is 0. The predicted octanol–water partition coefficient (Wildman–Crippen LogP) is 0.971. The van der Waals surface area contributed by atoms with Crippen LogP contribution >= 0.6 is 0 Å². The number of nitrogens with one attached hydrogen (secondary N) is 1. The van der Waals surface area contributed by atoms with Crippen LogP contribution in [0, 0.1) is 5.92 Å². The number of hydrogen-bond donors (Lipinski definition) is 1. The second-order valence-corrected chi connectivity index (χ2v) is 5.17. The van der Waals surface area contributed by atoms with Gasteiger partial charge in [-0.2, -0.15) is 0 Å². The van der Waals surface area contributed by atoms with Gasteiger partial charge in [-0.15, -0.1) is 0 Å². The summed E-state index contributed by atoms with van der Waals surface area (Å²) < 4.78 is 13.5. The Kier molecular flexibility index (Phi) is 3.93. The molecule has 0 bridgehead atoms. The zero-order chi connectivity index (χ0) is 12.2. The van der Waals surface area contributed by atoms with E-state index < -0.39 is 0 Å². The SMILES string of the molecule is c1ncn2c1CNC[C@H]2COCC1CCOCC1. The third-order valence-electron chi connectivity index (χ3n) is 3.83. The lowest BCUT2D eigenvalue weighted by Crippen LogP contribution is -2.35. The minimum atomic E-state index is 0.385. The molecule has 0 radical (unpaired) electrons. The van der Waals surface area contributed by atoms with Gasteiger partial charge in [0, 0.05) is 39.1 Å². The van der Waals surface area contributed by atoms with Crippen LogP contribution in [0.3, 0.4) is 0 Å². The van der Waals surface area contributed by atoms with Crippen molar-refractivity contribution in [2.24, 2.45) is 5.92 Å². The summed E-state index contributed by atoms with van der Waals surface area (Å²) in [6.07, 6.45) is 6.12. The molecule has 1 aromatic heterocycles. The Morgan fingerprint density at radius 3 is 3.17 bits per heavy atom. The Morgan fingerprint density at radius 2 is 2.28 bits per heavy atom. The summed E-state index contributed by atoms with van der Waals surface area (Å²) in [6, 6.07) is 0.385. The average molecular weight is 251 g/mol. The second-order valence-electron chi connectivity index (χ2n) is 5.17. The highest BCUT2D eigenvalue weighted by molar-refractivity contribution is 5.03. The maximum absolute atomic E-state index is 5.89. The molecule has 18 heavy (non-hydrogen) atoms. The number of imidazole rings is 1. The van der Waals surface area contributed by atoms with Gasteiger partial charge in [0.15, 0.2) is 0 Å². The van der Waals surface area contributed by atoms with Gasteiger partial charge in [-0.05, 0) is 18.8 Å². The number of aromatic nitrogens is 2. The molecule has 1 fully saturated rings. The van der Waals surface area contributed by atoms with Crippen LogP contribution in [-0.4, -0.2) is 42.5 Å². The van der Waals surface area contributed by atoms with E-state index in [0.717, 1.165) is 52.4 Å². The maximum atomic E-state index is 5.89. The molecule has 2 aliphatic heterocycles. The lowest BCUT2D eigenvalue weighted by Gasteiger charge is -2.27. The van der Waals surface area contributed by atoms with Crippen molar-refractivity contribution >= 4 is 0 Å². The molecule has 0 aromatic carbocycles. The molecule has 0 aliphatic carbocycles. The van der Waals surface area contributed by atoms with E-state index in [-0.39, 0.29) is 0 Å². The van der Waals surface area contributed by atoms with Gasteiger partial charge in [-0.1, -0.05) is 0 Å². The molecule has 5 nitrogen and oxygen atoms in total. The molecule has 1 N–H and O–H groups in total. The molecule has 3 heterocycles. The van der Waals surface area contributed by atoms with Crippen LogP contribution in [0.4, 0.5) is 0 Å². The second kappa shape index (κ2) is 5.82. The first-order valence-corrected chi connectivity index (χ1v) is 6.80. The largest absolute Gasteiger partial charge is 0.381 e. The fraction of sp³-hybridized carbons (Fsp3) is 0.769. The van der Waals surface area contributed by atoms with Gasteiger partial charge in [0.25, 0.3) is 0 Å². The normalized spacial score (nSPS) is 25.0. The van der Waals surface area contributed by atoms with Crippen molar-refractivity contribution in [3.8, 4) is 0 Å². The molecule has 0 spiro atoms. The predicted molar refractivity (Wildman–Crippen MR) is 67.3 cm³/mol. The van der Waals surface area contributed by atoms with Crippen LogP contribution in [0.2, 0.25) is 0 Å². The molecule has 5 heteroatoms. The maximum Gasteiger partial charge on any atom is 0.0952 e. The molecule has 0 saturated carbocycles. The summed E-state index contributed by atoms with van der Waals surface area (Å²) in [5, 5.41) is 3.40. The van der Waals surface area contributed by atoms with E-state index in [1.54, 1.807) is 0 Å². The van der Waals surface area contributed by atoms with Crippen LogP contribution in [0.1, 0.15) is 24.6 Å². The molecular weight excluding hydrogens is 230 g/mol. The molecule has 0 amide bonds. The Morgan fingerprint density at radius 1 is 1.39 bits per heavy atom. The lowest BCUT2D eigenvalue weighted by atomic mass is 10.0. The van der Waals surface area contributed by atoms with Crippen LogP contribution in [0.15, 0.2) is 12.5 Å². The molecule has 0 unspecified atom stereocenters. The molecule has 1 aromatic rings. The lowest BCUT2D eigenvalue weighted by molar-refractivity contribution is 0.0115. The van der Waals surface area contributed by atoms with Crippen molar-refractivity contribution in [3.63, 3.8) is 0 Å². The van der Waals surface area contributed by atoms with E-state index >= 15 is 0 Å². The van der Waals surface area contributed by atoms with Crippen molar-refractivity contribution < 1.29 is 9.47 Å². The van der Waals surface area contributed by atoms with Crippen molar-refractivity contribution in [1.82, 2.24) is 14.9 Å². The van der Waals surface area contributed by atoms with E-state index in [0.29, 0.717) is 12.0 Å². The van der Waals surface area contributed by atoms with Gasteiger partial charge in [0.1, 0.15) is 0 Å². The summed E-state index contributed by atoms with van der Waals surface area (Å²) in [4.78, 5) is 4.20. The zero-order valence-electron chi connectivity index (χ0n) is 10.7. The van der Waals surface area contributed by atoms with E-state index in [1.807, 2.05) is 12.5 Å². The van der Waals surface area contributed by atoms with Crippen molar-refractivity contribution in [1.29, 1.82) is 0 Å². The number of hydrogen-bond acceptors (Lipinski definition) is 4. The highest BCUT2D eigenvalue weighted by Crippen LogP contribution is 2.18. The van der Waals surface area contributed by atoms with Gasteiger partial charge >= 0.3 is 0 Å². The van der Waals surface area contributed by atoms with Gasteiger partial charge in [-0.3, -0.25) is 0 Å².